The van der Waals surface area contributed by atoms with Crippen LogP contribution in [0.4, 0.5) is 0 Å². The fourth-order valence-electron chi connectivity index (χ4n) is 3.35. The molecular weight excluding hydrogens is 312 g/mol. The quantitative estimate of drug-likeness (QED) is 0.897. The summed E-state index contributed by atoms with van der Waals surface area (Å²) in [5.41, 5.74) is 1.29. The van der Waals surface area contributed by atoms with E-state index in [1.54, 1.807) is 0 Å². The van der Waals surface area contributed by atoms with Crippen LogP contribution >= 0.6 is 27.5 Å². The van der Waals surface area contributed by atoms with Crippen LogP contribution in [-0.4, -0.2) is 30.6 Å². The lowest BCUT2D eigenvalue weighted by Crippen LogP contribution is -2.32. The van der Waals surface area contributed by atoms with Crippen molar-refractivity contribution < 1.29 is 0 Å². The SMILES string of the molecule is CC1C2CNCC2CN1Cc1cc(Cl)ccc1Br. The minimum absolute atomic E-state index is 0.663. The first-order chi connectivity index (χ1) is 8.65. The molecule has 3 atom stereocenters. The first-order valence-corrected chi connectivity index (χ1v) is 7.71. The van der Waals surface area contributed by atoms with Crippen molar-refractivity contribution in [3.05, 3.63) is 33.3 Å². The van der Waals surface area contributed by atoms with Crippen molar-refractivity contribution in [1.82, 2.24) is 10.2 Å². The van der Waals surface area contributed by atoms with Gasteiger partial charge in [0.2, 0.25) is 0 Å². The number of halogens is 2. The first kappa shape index (κ1) is 12.9. The van der Waals surface area contributed by atoms with E-state index in [-0.39, 0.29) is 0 Å². The number of likely N-dealkylation sites (tertiary alicyclic amines) is 1. The zero-order valence-corrected chi connectivity index (χ0v) is 12.8. The molecule has 0 aromatic heterocycles. The zero-order valence-electron chi connectivity index (χ0n) is 10.5. The van der Waals surface area contributed by atoms with E-state index < -0.39 is 0 Å². The Morgan fingerprint density at radius 1 is 1.44 bits per heavy atom. The summed E-state index contributed by atoms with van der Waals surface area (Å²) in [6.07, 6.45) is 0. The Kier molecular flexibility index (Phi) is 3.68. The van der Waals surface area contributed by atoms with Gasteiger partial charge in [0.1, 0.15) is 0 Å². The van der Waals surface area contributed by atoms with Crippen molar-refractivity contribution in [2.45, 2.75) is 19.5 Å². The molecular formula is C14H18BrClN2. The van der Waals surface area contributed by atoms with Crippen LogP contribution < -0.4 is 5.32 Å². The van der Waals surface area contributed by atoms with Gasteiger partial charge >= 0.3 is 0 Å². The van der Waals surface area contributed by atoms with E-state index in [1.165, 1.54) is 25.2 Å². The lowest BCUT2D eigenvalue weighted by molar-refractivity contribution is 0.231. The van der Waals surface area contributed by atoms with Gasteiger partial charge in [-0.1, -0.05) is 27.5 Å². The Balaban J connectivity index is 1.75. The minimum atomic E-state index is 0.663. The van der Waals surface area contributed by atoms with Crippen molar-refractivity contribution in [2.24, 2.45) is 11.8 Å². The van der Waals surface area contributed by atoms with Gasteiger partial charge in [0, 0.05) is 28.6 Å². The average Bonchev–Trinajstić information content (AvgIpc) is 2.89. The molecule has 4 heteroatoms. The molecule has 3 rings (SSSR count). The maximum Gasteiger partial charge on any atom is 0.0410 e. The Labute approximate surface area is 122 Å². The molecule has 1 N–H and O–H groups in total. The molecule has 1 aromatic rings. The summed E-state index contributed by atoms with van der Waals surface area (Å²) in [7, 11) is 0. The van der Waals surface area contributed by atoms with Gasteiger partial charge in [-0.3, -0.25) is 4.90 Å². The highest BCUT2D eigenvalue weighted by Gasteiger charge is 2.41. The van der Waals surface area contributed by atoms with E-state index in [0.29, 0.717) is 6.04 Å². The Morgan fingerprint density at radius 2 is 2.28 bits per heavy atom. The molecule has 2 aliphatic rings. The van der Waals surface area contributed by atoms with E-state index in [2.05, 4.69) is 39.1 Å². The van der Waals surface area contributed by atoms with Gasteiger partial charge in [-0.05, 0) is 55.6 Å². The van der Waals surface area contributed by atoms with Crippen LogP contribution in [0, 0.1) is 11.8 Å². The number of nitrogens with one attached hydrogen (secondary N) is 1. The molecule has 2 saturated heterocycles. The molecule has 3 unspecified atom stereocenters. The molecule has 1 aromatic carbocycles. The van der Waals surface area contributed by atoms with Gasteiger partial charge in [-0.2, -0.15) is 0 Å². The second kappa shape index (κ2) is 5.12. The minimum Gasteiger partial charge on any atom is -0.316 e. The summed E-state index contributed by atoms with van der Waals surface area (Å²) in [6, 6.07) is 6.71. The number of rotatable bonds is 2. The van der Waals surface area contributed by atoms with Gasteiger partial charge in [0.25, 0.3) is 0 Å². The fraction of sp³-hybridized carbons (Fsp3) is 0.571. The van der Waals surface area contributed by atoms with E-state index in [4.69, 9.17) is 11.6 Å². The van der Waals surface area contributed by atoms with Gasteiger partial charge in [0.15, 0.2) is 0 Å². The second-order valence-corrected chi connectivity index (χ2v) is 6.78. The summed E-state index contributed by atoms with van der Waals surface area (Å²) < 4.78 is 1.16. The lowest BCUT2D eigenvalue weighted by atomic mass is 9.95. The molecule has 0 saturated carbocycles. The first-order valence-electron chi connectivity index (χ1n) is 6.54. The van der Waals surface area contributed by atoms with Crippen LogP contribution in [-0.2, 0) is 6.54 Å². The molecule has 2 aliphatic heterocycles. The van der Waals surface area contributed by atoms with Crippen molar-refractivity contribution in [3.8, 4) is 0 Å². The molecule has 0 amide bonds. The summed E-state index contributed by atoms with van der Waals surface area (Å²) in [5.74, 6) is 1.65. The Morgan fingerprint density at radius 3 is 3.06 bits per heavy atom. The maximum absolute atomic E-state index is 6.09. The number of benzene rings is 1. The maximum atomic E-state index is 6.09. The van der Waals surface area contributed by atoms with Crippen LogP contribution in [0.3, 0.4) is 0 Å². The Hall–Kier alpha value is -0.0900. The number of fused-ring (bicyclic) bond motifs is 1. The lowest BCUT2D eigenvalue weighted by Gasteiger charge is -2.24. The molecule has 2 fully saturated rings. The van der Waals surface area contributed by atoms with Crippen molar-refractivity contribution in [2.75, 3.05) is 19.6 Å². The highest BCUT2D eigenvalue weighted by Crippen LogP contribution is 2.34. The van der Waals surface area contributed by atoms with E-state index in [1.807, 2.05) is 12.1 Å². The van der Waals surface area contributed by atoms with Crippen molar-refractivity contribution >= 4 is 27.5 Å². The predicted molar refractivity (Wildman–Crippen MR) is 78.9 cm³/mol. The summed E-state index contributed by atoms with van der Waals surface area (Å²) in [6.45, 7) is 6.92. The van der Waals surface area contributed by atoms with Gasteiger partial charge in [-0.25, -0.2) is 0 Å². The number of nitrogens with zero attached hydrogens (tertiary/aromatic N) is 1. The molecule has 2 nitrogen and oxygen atoms in total. The average molecular weight is 330 g/mol. The number of hydrogen-bond acceptors (Lipinski definition) is 2. The largest absolute Gasteiger partial charge is 0.316 e. The van der Waals surface area contributed by atoms with Crippen LogP contribution in [0.2, 0.25) is 5.02 Å². The molecule has 18 heavy (non-hydrogen) atoms. The third-order valence-corrected chi connectivity index (χ3v) is 5.45. The Bertz CT molecular complexity index is 451. The van der Waals surface area contributed by atoms with E-state index in [0.717, 1.165) is 27.9 Å². The zero-order chi connectivity index (χ0) is 12.7. The molecule has 0 radical (unpaired) electrons. The summed E-state index contributed by atoms with van der Waals surface area (Å²) >= 11 is 9.71. The predicted octanol–water partition coefficient (Wildman–Crippen LogP) is 3.14. The van der Waals surface area contributed by atoms with Crippen molar-refractivity contribution in [3.63, 3.8) is 0 Å². The topological polar surface area (TPSA) is 15.3 Å². The third-order valence-electron chi connectivity index (χ3n) is 4.44. The molecule has 0 aliphatic carbocycles. The standard InChI is InChI=1S/C14H18BrClN2/c1-9-13-6-17-5-11(13)8-18(9)7-10-4-12(16)2-3-14(10)15/h2-4,9,11,13,17H,5-8H2,1H3. The molecule has 98 valence electrons. The van der Waals surface area contributed by atoms with Gasteiger partial charge in [0.05, 0.1) is 0 Å². The van der Waals surface area contributed by atoms with Crippen LogP contribution in [0.15, 0.2) is 22.7 Å². The molecule has 0 spiro atoms. The van der Waals surface area contributed by atoms with Crippen LogP contribution in [0.1, 0.15) is 12.5 Å². The monoisotopic (exact) mass is 328 g/mol. The van der Waals surface area contributed by atoms with Crippen molar-refractivity contribution in [1.29, 1.82) is 0 Å². The smallest absolute Gasteiger partial charge is 0.0410 e. The summed E-state index contributed by atoms with van der Waals surface area (Å²) in [5, 5.41) is 4.32. The normalized spacial score (nSPS) is 31.8. The fourth-order valence-corrected chi connectivity index (χ4v) is 3.91. The second-order valence-electron chi connectivity index (χ2n) is 5.49. The van der Waals surface area contributed by atoms with Gasteiger partial charge < -0.3 is 5.32 Å². The third kappa shape index (κ3) is 2.34. The van der Waals surface area contributed by atoms with E-state index in [9.17, 15) is 0 Å². The van der Waals surface area contributed by atoms with E-state index >= 15 is 0 Å². The van der Waals surface area contributed by atoms with Gasteiger partial charge in [-0.15, -0.1) is 0 Å². The highest BCUT2D eigenvalue weighted by molar-refractivity contribution is 9.10. The highest BCUT2D eigenvalue weighted by atomic mass is 79.9. The number of hydrogen-bond donors (Lipinski definition) is 1. The van der Waals surface area contributed by atoms with Crippen LogP contribution in [0.25, 0.3) is 0 Å². The summed E-state index contributed by atoms with van der Waals surface area (Å²) in [4.78, 5) is 2.59. The van der Waals surface area contributed by atoms with Crippen LogP contribution in [0.5, 0.6) is 0 Å². The molecule has 0 bridgehead atoms. The molecule has 2 heterocycles.